The van der Waals surface area contributed by atoms with Gasteiger partial charge in [-0.1, -0.05) is 12.8 Å². The minimum atomic E-state index is -0.223. The van der Waals surface area contributed by atoms with Crippen molar-refractivity contribution < 1.29 is 4.79 Å². The maximum Gasteiger partial charge on any atom is 0.323 e. The van der Waals surface area contributed by atoms with Crippen LogP contribution in [0.25, 0.3) is 11.0 Å². The second kappa shape index (κ2) is 3.83. The van der Waals surface area contributed by atoms with E-state index in [1.54, 1.807) is 6.07 Å². The van der Waals surface area contributed by atoms with Gasteiger partial charge in [-0.3, -0.25) is 4.79 Å². The number of H-pyrrole nitrogens is 2. The number of ketones is 1. The van der Waals surface area contributed by atoms with Crippen LogP contribution in [0.1, 0.15) is 36.0 Å². The first kappa shape index (κ1) is 11.0. The summed E-state index contributed by atoms with van der Waals surface area (Å²) in [7, 11) is 0. The van der Waals surface area contributed by atoms with Crippen LogP contribution in [0, 0.1) is 17.8 Å². The van der Waals surface area contributed by atoms with Crippen LogP contribution in [0.3, 0.4) is 0 Å². The fourth-order valence-corrected chi connectivity index (χ4v) is 3.76. The molecular weight excluding hydrogens is 240 g/mol. The van der Waals surface area contributed by atoms with Crippen LogP contribution in [-0.4, -0.2) is 15.8 Å². The van der Waals surface area contributed by atoms with Crippen LogP contribution >= 0.6 is 0 Å². The van der Waals surface area contributed by atoms with Crippen molar-refractivity contribution in [2.75, 3.05) is 0 Å². The highest BCUT2D eigenvalue weighted by atomic mass is 16.1. The van der Waals surface area contributed by atoms with E-state index in [2.05, 4.69) is 9.97 Å². The minimum absolute atomic E-state index is 0.223. The SMILES string of the molecule is O=C(c1ccc2[nH]c(=O)[nH]c2c1)C1C2CCCCC21. The molecule has 1 aromatic carbocycles. The highest BCUT2D eigenvalue weighted by Crippen LogP contribution is 2.56. The predicted molar refractivity (Wildman–Crippen MR) is 72.2 cm³/mol. The first-order valence-corrected chi connectivity index (χ1v) is 7.00. The monoisotopic (exact) mass is 256 g/mol. The third-order valence-corrected chi connectivity index (χ3v) is 4.76. The average molecular weight is 256 g/mol. The summed E-state index contributed by atoms with van der Waals surface area (Å²) in [5.41, 5.74) is 2.00. The molecule has 2 aromatic rings. The van der Waals surface area contributed by atoms with Crippen molar-refractivity contribution in [3.05, 3.63) is 34.2 Å². The van der Waals surface area contributed by atoms with Gasteiger partial charge in [0.1, 0.15) is 0 Å². The molecule has 0 bridgehead atoms. The molecule has 2 fully saturated rings. The second-order valence-corrected chi connectivity index (χ2v) is 5.84. The van der Waals surface area contributed by atoms with E-state index in [0.29, 0.717) is 11.8 Å². The standard InChI is InChI=1S/C15H16N2O2/c18-14(13-9-3-1-2-4-10(9)13)8-5-6-11-12(7-8)17-15(19)16-11/h5-7,9-10,13H,1-4H2,(H2,16,17,19). The molecule has 2 saturated carbocycles. The Labute approximate surface area is 110 Å². The van der Waals surface area contributed by atoms with E-state index in [0.717, 1.165) is 16.6 Å². The number of carbonyl (C=O) groups is 1. The number of aromatic amines is 2. The summed E-state index contributed by atoms with van der Waals surface area (Å²) in [6.07, 6.45) is 4.97. The van der Waals surface area contributed by atoms with Crippen molar-refractivity contribution in [1.82, 2.24) is 9.97 Å². The Bertz CT molecular complexity index is 700. The zero-order chi connectivity index (χ0) is 13.0. The Kier molecular flexibility index (Phi) is 2.22. The molecule has 0 radical (unpaired) electrons. The van der Waals surface area contributed by atoms with Gasteiger partial charge < -0.3 is 9.97 Å². The van der Waals surface area contributed by atoms with E-state index >= 15 is 0 Å². The van der Waals surface area contributed by atoms with Gasteiger partial charge in [0, 0.05) is 11.5 Å². The molecule has 4 rings (SSSR count). The van der Waals surface area contributed by atoms with Gasteiger partial charge in [0.2, 0.25) is 0 Å². The molecule has 0 saturated heterocycles. The Morgan fingerprint density at radius 1 is 1.05 bits per heavy atom. The van der Waals surface area contributed by atoms with Gasteiger partial charge in [-0.15, -0.1) is 0 Å². The van der Waals surface area contributed by atoms with Crippen LogP contribution < -0.4 is 5.69 Å². The largest absolute Gasteiger partial charge is 0.323 e. The number of benzene rings is 1. The number of rotatable bonds is 2. The summed E-state index contributed by atoms with van der Waals surface area (Å²) in [6.45, 7) is 0. The summed E-state index contributed by atoms with van der Waals surface area (Å²) in [6, 6.07) is 5.45. The summed E-state index contributed by atoms with van der Waals surface area (Å²) < 4.78 is 0. The summed E-state index contributed by atoms with van der Waals surface area (Å²) in [4.78, 5) is 29.2. The molecule has 0 aliphatic heterocycles. The molecular formula is C15H16N2O2. The van der Waals surface area contributed by atoms with Crippen molar-refractivity contribution in [1.29, 1.82) is 0 Å². The zero-order valence-electron chi connectivity index (χ0n) is 10.6. The molecule has 2 N–H and O–H groups in total. The Hall–Kier alpha value is -1.84. The lowest BCUT2D eigenvalue weighted by Gasteiger charge is -2.04. The first-order chi connectivity index (χ1) is 9.24. The molecule has 4 heteroatoms. The third kappa shape index (κ3) is 1.66. The lowest BCUT2D eigenvalue weighted by molar-refractivity contribution is 0.0956. The van der Waals surface area contributed by atoms with E-state index in [1.807, 2.05) is 12.1 Å². The predicted octanol–water partition coefficient (Wildman–Crippen LogP) is 2.48. The Balaban J connectivity index is 1.66. The summed E-state index contributed by atoms with van der Waals surface area (Å²) in [5.74, 6) is 1.76. The van der Waals surface area contributed by atoms with Crippen LogP contribution in [0.4, 0.5) is 0 Å². The maximum atomic E-state index is 12.5. The van der Waals surface area contributed by atoms with E-state index < -0.39 is 0 Å². The van der Waals surface area contributed by atoms with Gasteiger partial charge in [-0.2, -0.15) is 0 Å². The fraction of sp³-hybridized carbons (Fsp3) is 0.467. The molecule has 2 aliphatic rings. The number of nitrogens with one attached hydrogen (secondary N) is 2. The van der Waals surface area contributed by atoms with Crippen LogP contribution in [0.2, 0.25) is 0 Å². The zero-order valence-corrected chi connectivity index (χ0v) is 10.6. The molecule has 1 aromatic heterocycles. The highest BCUT2D eigenvalue weighted by molar-refractivity contribution is 6.02. The molecule has 4 nitrogen and oxygen atoms in total. The number of Topliss-reactive ketones (excluding diaryl/α,β-unsaturated/α-hetero) is 1. The number of hydrogen-bond acceptors (Lipinski definition) is 2. The van der Waals surface area contributed by atoms with Gasteiger partial charge in [-0.25, -0.2) is 4.79 Å². The average Bonchev–Trinajstić information content (AvgIpc) is 3.02. The number of fused-ring (bicyclic) bond motifs is 2. The van der Waals surface area contributed by atoms with Crippen LogP contribution in [-0.2, 0) is 0 Å². The topological polar surface area (TPSA) is 65.7 Å². The van der Waals surface area contributed by atoms with Gasteiger partial charge in [0.15, 0.2) is 5.78 Å². The molecule has 0 amide bonds. The summed E-state index contributed by atoms with van der Waals surface area (Å²) >= 11 is 0. The minimum Gasteiger partial charge on any atom is -0.306 e. The quantitative estimate of drug-likeness (QED) is 0.811. The van der Waals surface area contributed by atoms with E-state index in [-0.39, 0.29) is 17.4 Å². The normalized spacial score (nSPS) is 29.2. The van der Waals surface area contributed by atoms with Gasteiger partial charge in [-0.05, 0) is 42.9 Å². The van der Waals surface area contributed by atoms with Gasteiger partial charge in [0.25, 0.3) is 0 Å². The van der Waals surface area contributed by atoms with Gasteiger partial charge >= 0.3 is 5.69 Å². The number of hydrogen-bond donors (Lipinski definition) is 2. The number of aromatic nitrogens is 2. The van der Waals surface area contributed by atoms with E-state index in [1.165, 1.54) is 25.7 Å². The molecule has 98 valence electrons. The van der Waals surface area contributed by atoms with Crippen LogP contribution in [0.5, 0.6) is 0 Å². The fourth-order valence-electron chi connectivity index (χ4n) is 3.76. The molecule has 19 heavy (non-hydrogen) atoms. The van der Waals surface area contributed by atoms with Crippen molar-refractivity contribution >= 4 is 16.8 Å². The number of carbonyl (C=O) groups excluding carboxylic acids is 1. The van der Waals surface area contributed by atoms with Crippen LogP contribution in [0.15, 0.2) is 23.0 Å². The Morgan fingerprint density at radius 2 is 1.74 bits per heavy atom. The number of imidazole rings is 1. The lowest BCUT2D eigenvalue weighted by atomic mass is 10.0. The van der Waals surface area contributed by atoms with Crippen molar-refractivity contribution in [2.24, 2.45) is 17.8 Å². The molecule has 2 unspecified atom stereocenters. The maximum absolute atomic E-state index is 12.5. The van der Waals surface area contributed by atoms with Crippen molar-refractivity contribution in [2.45, 2.75) is 25.7 Å². The third-order valence-electron chi connectivity index (χ3n) is 4.76. The highest BCUT2D eigenvalue weighted by Gasteiger charge is 2.54. The van der Waals surface area contributed by atoms with E-state index in [4.69, 9.17) is 0 Å². The lowest BCUT2D eigenvalue weighted by Crippen LogP contribution is -2.04. The summed E-state index contributed by atoms with van der Waals surface area (Å²) in [5, 5.41) is 0. The first-order valence-electron chi connectivity index (χ1n) is 7.00. The Morgan fingerprint density at radius 3 is 2.47 bits per heavy atom. The van der Waals surface area contributed by atoms with E-state index in [9.17, 15) is 9.59 Å². The van der Waals surface area contributed by atoms with Crippen molar-refractivity contribution in [3.8, 4) is 0 Å². The smallest absolute Gasteiger partial charge is 0.306 e. The van der Waals surface area contributed by atoms with Crippen molar-refractivity contribution in [3.63, 3.8) is 0 Å². The molecule has 1 heterocycles. The molecule has 2 aliphatic carbocycles. The second-order valence-electron chi connectivity index (χ2n) is 5.84. The molecule has 2 atom stereocenters. The van der Waals surface area contributed by atoms with Gasteiger partial charge in [0.05, 0.1) is 11.0 Å². The molecule has 0 spiro atoms.